The molecule has 1 aliphatic carbocycles. The number of aliphatic hydroxyl groups excluding tert-OH is 2. The molecule has 0 radical (unpaired) electrons. The molecular weight excluding hydrogens is 294 g/mol. The highest BCUT2D eigenvalue weighted by molar-refractivity contribution is 9.11. The van der Waals surface area contributed by atoms with Gasteiger partial charge in [-0.25, -0.2) is 23.5 Å². The molecule has 2 bridgehead atoms. The third-order valence-electron chi connectivity index (χ3n) is 3.38. The molecule has 92 valence electrons. The Kier molecular flexibility index (Phi) is 2.08. The number of hydrogen-bond donors (Lipinski definition) is 2. The lowest BCUT2D eigenvalue weighted by Gasteiger charge is -2.42. The Bertz CT molecular complexity index is 640. The maximum atomic E-state index is 11.9. The van der Waals surface area contributed by atoms with E-state index in [9.17, 15) is 19.8 Å². The van der Waals surface area contributed by atoms with Crippen LogP contribution in [0.2, 0.25) is 0 Å². The summed E-state index contributed by atoms with van der Waals surface area (Å²) in [6.07, 6.45) is -0.539. The molecule has 3 aliphatic rings. The molecule has 3 heterocycles. The lowest BCUT2D eigenvalue weighted by atomic mass is 9.90. The Morgan fingerprint density at radius 3 is 2.41 bits per heavy atom. The van der Waals surface area contributed by atoms with E-state index in [1.807, 2.05) is 0 Å². The summed E-state index contributed by atoms with van der Waals surface area (Å²) in [5.74, 6) is 0. The summed E-state index contributed by atoms with van der Waals surface area (Å²) in [7, 11) is 1.37. The largest absolute Gasteiger partial charge is 0.388 e. The maximum Gasteiger partial charge on any atom is 0.347 e. The van der Waals surface area contributed by atoms with E-state index in [-0.39, 0.29) is 0 Å². The molecule has 7 nitrogen and oxygen atoms in total. The van der Waals surface area contributed by atoms with Crippen LogP contribution >= 0.6 is 15.9 Å². The fourth-order valence-electron chi connectivity index (χ4n) is 2.49. The molecule has 0 spiro atoms. The number of aliphatic hydroxyl groups is 2. The SMILES string of the molecule is Cn1c(=O)n2n(c1=O)[C@H]1C(Br)=C[C@H]2[C@@H](O)[C@H]1O. The number of nitrogens with zero attached hydrogens (tertiary/aromatic N) is 3. The van der Waals surface area contributed by atoms with Crippen molar-refractivity contribution in [1.82, 2.24) is 13.9 Å². The van der Waals surface area contributed by atoms with Crippen LogP contribution in [0.4, 0.5) is 0 Å². The normalized spacial score (nSPS) is 34.7. The van der Waals surface area contributed by atoms with Crippen LogP contribution < -0.4 is 11.4 Å². The second-order valence-corrected chi connectivity index (χ2v) is 5.20. The number of rotatable bonds is 0. The molecule has 1 aromatic heterocycles. The van der Waals surface area contributed by atoms with Crippen molar-refractivity contribution in [3.63, 3.8) is 0 Å². The Balaban J connectivity index is 2.41. The lowest BCUT2D eigenvalue weighted by molar-refractivity contribution is -0.0656. The predicted molar refractivity (Wildman–Crippen MR) is 61.0 cm³/mol. The highest BCUT2D eigenvalue weighted by atomic mass is 79.9. The molecule has 4 atom stereocenters. The molecular formula is C9H10BrN3O4. The van der Waals surface area contributed by atoms with Gasteiger partial charge in [0.1, 0.15) is 24.3 Å². The molecule has 4 rings (SSSR count). The molecule has 8 heteroatoms. The van der Waals surface area contributed by atoms with Crippen LogP contribution in [0.15, 0.2) is 20.1 Å². The highest BCUT2D eigenvalue weighted by Gasteiger charge is 2.48. The molecule has 17 heavy (non-hydrogen) atoms. The van der Waals surface area contributed by atoms with Crippen molar-refractivity contribution >= 4 is 15.9 Å². The minimum absolute atomic E-state index is 0.493. The van der Waals surface area contributed by atoms with Crippen LogP contribution in [-0.4, -0.2) is 36.4 Å². The average Bonchev–Trinajstić information content (AvgIpc) is 2.51. The van der Waals surface area contributed by atoms with Gasteiger partial charge in [-0.2, -0.15) is 0 Å². The number of halogens is 1. The van der Waals surface area contributed by atoms with Crippen molar-refractivity contribution in [1.29, 1.82) is 0 Å². The molecule has 0 saturated heterocycles. The van der Waals surface area contributed by atoms with E-state index in [0.29, 0.717) is 4.48 Å². The number of hydrogen-bond acceptors (Lipinski definition) is 4. The van der Waals surface area contributed by atoms with Crippen molar-refractivity contribution in [3.8, 4) is 0 Å². The average molecular weight is 304 g/mol. The topological polar surface area (TPSA) is 89.4 Å². The zero-order valence-corrected chi connectivity index (χ0v) is 10.4. The van der Waals surface area contributed by atoms with Gasteiger partial charge in [0.05, 0.1) is 0 Å². The Hall–Kier alpha value is -1.12. The lowest BCUT2D eigenvalue weighted by Crippen LogP contribution is -2.55. The van der Waals surface area contributed by atoms with Gasteiger partial charge in [-0.15, -0.1) is 0 Å². The molecule has 0 unspecified atom stereocenters. The molecule has 0 saturated carbocycles. The van der Waals surface area contributed by atoms with E-state index in [1.54, 1.807) is 6.08 Å². The zero-order chi connectivity index (χ0) is 12.5. The first-order valence-electron chi connectivity index (χ1n) is 5.08. The second-order valence-electron chi connectivity index (χ2n) is 4.28. The summed E-state index contributed by atoms with van der Waals surface area (Å²) in [5, 5.41) is 19.8. The van der Waals surface area contributed by atoms with Crippen molar-refractivity contribution < 1.29 is 10.2 Å². The quantitative estimate of drug-likeness (QED) is 0.608. The molecule has 1 aromatic rings. The van der Waals surface area contributed by atoms with Crippen LogP contribution in [0.25, 0.3) is 0 Å². The highest BCUT2D eigenvalue weighted by Crippen LogP contribution is 2.41. The monoisotopic (exact) mass is 303 g/mol. The molecule has 2 aliphatic heterocycles. The molecule has 2 N–H and O–H groups in total. The smallest absolute Gasteiger partial charge is 0.347 e. The summed E-state index contributed by atoms with van der Waals surface area (Å²) in [6, 6.07) is -1.46. The predicted octanol–water partition coefficient (Wildman–Crippen LogP) is -1.54. The van der Waals surface area contributed by atoms with E-state index in [0.717, 1.165) is 4.57 Å². The first kappa shape index (κ1) is 11.0. The minimum atomic E-state index is -1.10. The van der Waals surface area contributed by atoms with Gasteiger partial charge in [-0.05, 0) is 6.08 Å². The van der Waals surface area contributed by atoms with Crippen molar-refractivity contribution in [2.45, 2.75) is 24.3 Å². The fraction of sp³-hybridized carbons (Fsp3) is 0.556. The minimum Gasteiger partial charge on any atom is -0.388 e. The first-order valence-corrected chi connectivity index (χ1v) is 5.88. The van der Waals surface area contributed by atoms with Gasteiger partial charge in [-0.1, -0.05) is 15.9 Å². The van der Waals surface area contributed by atoms with Gasteiger partial charge in [-0.3, -0.25) is 0 Å². The van der Waals surface area contributed by atoms with E-state index >= 15 is 0 Å². The summed E-state index contributed by atoms with van der Waals surface area (Å²) >= 11 is 3.26. The third kappa shape index (κ3) is 1.12. The molecule has 0 amide bonds. The van der Waals surface area contributed by atoms with Gasteiger partial charge >= 0.3 is 11.4 Å². The summed E-state index contributed by atoms with van der Waals surface area (Å²) in [5.41, 5.74) is -0.992. The van der Waals surface area contributed by atoms with Gasteiger partial charge in [0.25, 0.3) is 0 Å². The Morgan fingerprint density at radius 2 is 1.76 bits per heavy atom. The van der Waals surface area contributed by atoms with Crippen molar-refractivity contribution in [2.75, 3.05) is 0 Å². The van der Waals surface area contributed by atoms with Gasteiger partial charge in [0, 0.05) is 11.5 Å². The Morgan fingerprint density at radius 1 is 1.18 bits per heavy atom. The van der Waals surface area contributed by atoms with Crippen LogP contribution in [0, 0.1) is 0 Å². The van der Waals surface area contributed by atoms with E-state index in [4.69, 9.17) is 0 Å². The second kappa shape index (κ2) is 3.21. The van der Waals surface area contributed by atoms with Crippen molar-refractivity contribution in [2.24, 2.45) is 7.05 Å². The summed E-state index contributed by atoms with van der Waals surface area (Å²) in [6.45, 7) is 0. The molecule has 0 aromatic carbocycles. The van der Waals surface area contributed by atoms with Gasteiger partial charge in [0.15, 0.2) is 0 Å². The summed E-state index contributed by atoms with van der Waals surface area (Å²) < 4.78 is 3.95. The fourth-order valence-corrected chi connectivity index (χ4v) is 3.22. The van der Waals surface area contributed by atoms with Gasteiger partial charge in [0.2, 0.25) is 0 Å². The van der Waals surface area contributed by atoms with E-state index in [1.165, 1.54) is 16.4 Å². The Labute approximate surface area is 103 Å². The first-order chi connectivity index (χ1) is 7.95. The zero-order valence-electron chi connectivity index (χ0n) is 8.82. The van der Waals surface area contributed by atoms with Crippen LogP contribution in [0.1, 0.15) is 12.1 Å². The van der Waals surface area contributed by atoms with Crippen LogP contribution in [0.5, 0.6) is 0 Å². The summed E-state index contributed by atoms with van der Waals surface area (Å²) in [4.78, 5) is 23.7. The maximum absolute atomic E-state index is 11.9. The third-order valence-corrected chi connectivity index (χ3v) is 4.11. The standard InChI is InChI=1S/C9H10BrN3O4/c1-11-8(16)12-4-2-3(10)5(7(15)6(4)14)13(12)9(11)17/h2,4-7,14-15H,1H3/t4-,5-,6+,7-/m0/s1. The van der Waals surface area contributed by atoms with Crippen LogP contribution in [0.3, 0.4) is 0 Å². The van der Waals surface area contributed by atoms with Crippen LogP contribution in [-0.2, 0) is 7.05 Å². The van der Waals surface area contributed by atoms with Gasteiger partial charge < -0.3 is 10.2 Å². The molecule has 0 fully saturated rings. The van der Waals surface area contributed by atoms with E-state index < -0.39 is 35.7 Å². The number of fused-ring (bicyclic) bond motifs is 1. The number of aromatic nitrogens is 3. The van der Waals surface area contributed by atoms with Crippen molar-refractivity contribution in [3.05, 3.63) is 31.5 Å². The van der Waals surface area contributed by atoms with E-state index in [2.05, 4.69) is 15.9 Å².